The molecule has 27 heavy (non-hydrogen) atoms. The number of carbonyl (C=O) groups excluding carboxylic acids is 1. The van der Waals surface area contributed by atoms with Crippen molar-refractivity contribution in [3.05, 3.63) is 65.7 Å². The second kappa shape index (κ2) is 9.01. The summed E-state index contributed by atoms with van der Waals surface area (Å²) in [6.45, 7) is 2.17. The first-order valence-electron chi connectivity index (χ1n) is 8.71. The maximum absolute atomic E-state index is 12.7. The van der Waals surface area contributed by atoms with Crippen LogP contribution >= 0.6 is 0 Å². The molecule has 2 rings (SSSR count). The molecule has 0 saturated heterocycles. The van der Waals surface area contributed by atoms with Gasteiger partial charge < -0.3 is 10.2 Å². The highest BCUT2D eigenvalue weighted by molar-refractivity contribution is 7.92. The van der Waals surface area contributed by atoms with Gasteiger partial charge in [0, 0.05) is 6.54 Å². The number of aryl methyl sites for hydroxylation is 1. The number of amides is 1. The third-order valence-corrected chi connectivity index (χ3v) is 5.28. The third kappa shape index (κ3) is 6.08. The molecule has 146 valence electrons. The Morgan fingerprint density at radius 3 is 2.19 bits per heavy atom. The predicted molar refractivity (Wildman–Crippen MR) is 109 cm³/mol. The molecule has 1 amide bonds. The zero-order chi connectivity index (χ0) is 20.0. The van der Waals surface area contributed by atoms with Crippen LogP contribution in [0.1, 0.15) is 17.2 Å². The van der Waals surface area contributed by atoms with Crippen LogP contribution in [0.25, 0.3) is 0 Å². The van der Waals surface area contributed by atoms with E-state index in [-0.39, 0.29) is 18.5 Å². The van der Waals surface area contributed by atoms with E-state index in [1.807, 2.05) is 68.4 Å². The van der Waals surface area contributed by atoms with E-state index < -0.39 is 10.0 Å². The molecule has 2 aromatic carbocycles. The number of sulfonamides is 1. The van der Waals surface area contributed by atoms with Gasteiger partial charge >= 0.3 is 0 Å². The molecule has 0 heterocycles. The average molecular weight is 390 g/mol. The highest BCUT2D eigenvalue weighted by atomic mass is 32.2. The molecule has 0 aliphatic heterocycles. The topological polar surface area (TPSA) is 69.7 Å². The zero-order valence-electron chi connectivity index (χ0n) is 16.2. The Bertz CT molecular complexity index is 867. The number of likely N-dealkylation sites (N-methyl/N-ethyl adjacent to an activating group) is 1. The summed E-state index contributed by atoms with van der Waals surface area (Å²) in [5.41, 5.74) is 2.28. The van der Waals surface area contributed by atoms with Gasteiger partial charge in [-0.3, -0.25) is 9.10 Å². The van der Waals surface area contributed by atoms with Crippen LogP contribution in [0.15, 0.2) is 54.6 Å². The fourth-order valence-electron chi connectivity index (χ4n) is 2.88. The molecule has 1 N–H and O–H groups in total. The molecule has 0 aliphatic rings. The Morgan fingerprint density at radius 2 is 1.63 bits per heavy atom. The number of benzene rings is 2. The molecular weight excluding hydrogens is 362 g/mol. The van der Waals surface area contributed by atoms with Crippen molar-refractivity contribution in [3.63, 3.8) is 0 Å². The SMILES string of the molecule is Cc1ccccc1N(CC(=O)NC(CN(C)C)c1ccccc1)S(C)(=O)=O. The van der Waals surface area contributed by atoms with Gasteiger partial charge in [-0.25, -0.2) is 8.42 Å². The van der Waals surface area contributed by atoms with Crippen molar-refractivity contribution in [3.8, 4) is 0 Å². The van der Waals surface area contributed by atoms with Crippen LogP contribution in [0.4, 0.5) is 5.69 Å². The summed E-state index contributed by atoms with van der Waals surface area (Å²) in [5.74, 6) is -0.348. The lowest BCUT2D eigenvalue weighted by atomic mass is 10.1. The molecule has 0 spiro atoms. The number of para-hydroxylation sites is 1. The summed E-state index contributed by atoms with van der Waals surface area (Å²) in [4.78, 5) is 14.7. The molecule has 0 aliphatic carbocycles. The van der Waals surface area contributed by atoms with Crippen molar-refractivity contribution >= 4 is 21.6 Å². The van der Waals surface area contributed by atoms with E-state index in [1.54, 1.807) is 12.1 Å². The van der Waals surface area contributed by atoms with Gasteiger partial charge in [-0.1, -0.05) is 48.5 Å². The Kier molecular flexibility index (Phi) is 6.98. The van der Waals surface area contributed by atoms with Crippen molar-refractivity contribution in [1.29, 1.82) is 0 Å². The fourth-order valence-corrected chi connectivity index (χ4v) is 3.79. The highest BCUT2D eigenvalue weighted by Gasteiger charge is 2.24. The molecule has 7 heteroatoms. The summed E-state index contributed by atoms with van der Waals surface area (Å²) in [6, 6.07) is 16.5. The lowest BCUT2D eigenvalue weighted by Crippen LogP contribution is -2.43. The van der Waals surface area contributed by atoms with Crippen LogP contribution in [0.5, 0.6) is 0 Å². The Hall–Kier alpha value is -2.38. The lowest BCUT2D eigenvalue weighted by molar-refractivity contribution is -0.120. The van der Waals surface area contributed by atoms with Crippen LogP contribution in [0.3, 0.4) is 0 Å². The number of anilines is 1. The largest absolute Gasteiger partial charge is 0.346 e. The Balaban J connectivity index is 2.22. The lowest BCUT2D eigenvalue weighted by Gasteiger charge is -2.26. The summed E-state index contributed by atoms with van der Waals surface area (Å²) < 4.78 is 25.7. The highest BCUT2D eigenvalue weighted by Crippen LogP contribution is 2.22. The molecule has 2 aromatic rings. The standard InChI is InChI=1S/C20H27N3O3S/c1-16-10-8-9-13-19(16)23(27(4,25)26)15-20(24)21-18(14-22(2)3)17-11-6-5-7-12-17/h5-13,18H,14-15H2,1-4H3,(H,21,24). The summed E-state index contributed by atoms with van der Waals surface area (Å²) >= 11 is 0. The number of nitrogens with one attached hydrogen (secondary N) is 1. The van der Waals surface area contributed by atoms with Gasteiger partial charge in [0.2, 0.25) is 15.9 Å². The van der Waals surface area contributed by atoms with Gasteiger partial charge in [0.1, 0.15) is 6.54 Å². The van der Waals surface area contributed by atoms with E-state index in [0.29, 0.717) is 12.2 Å². The van der Waals surface area contributed by atoms with E-state index in [4.69, 9.17) is 0 Å². The van der Waals surface area contributed by atoms with Crippen LogP contribution in [0.2, 0.25) is 0 Å². The molecule has 1 atom stereocenters. The van der Waals surface area contributed by atoms with Crippen molar-refractivity contribution in [2.75, 3.05) is 37.7 Å². The monoisotopic (exact) mass is 389 g/mol. The predicted octanol–water partition coefficient (Wildman–Crippen LogP) is 2.18. The second-order valence-electron chi connectivity index (χ2n) is 6.85. The molecule has 0 bridgehead atoms. The Labute approximate surface area is 161 Å². The van der Waals surface area contributed by atoms with Gasteiger partial charge in [0.25, 0.3) is 0 Å². The maximum atomic E-state index is 12.7. The van der Waals surface area contributed by atoms with E-state index in [9.17, 15) is 13.2 Å². The fraction of sp³-hybridized carbons (Fsp3) is 0.350. The first-order valence-corrected chi connectivity index (χ1v) is 10.6. The van der Waals surface area contributed by atoms with Crippen molar-refractivity contribution < 1.29 is 13.2 Å². The molecular formula is C20H27N3O3S. The maximum Gasteiger partial charge on any atom is 0.241 e. The van der Waals surface area contributed by atoms with Gasteiger partial charge in [0.15, 0.2) is 0 Å². The smallest absolute Gasteiger partial charge is 0.241 e. The molecule has 0 saturated carbocycles. The van der Waals surface area contributed by atoms with E-state index >= 15 is 0 Å². The Morgan fingerprint density at radius 1 is 1.04 bits per heavy atom. The van der Waals surface area contributed by atoms with Gasteiger partial charge in [-0.2, -0.15) is 0 Å². The van der Waals surface area contributed by atoms with Crippen molar-refractivity contribution in [1.82, 2.24) is 10.2 Å². The van der Waals surface area contributed by atoms with Gasteiger partial charge in [0.05, 0.1) is 18.0 Å². The number of rotatable bonds is 8. The first-order chi connectivity index (χ1) is 12.7. The van der Waals surface area contributed by atoms with Gasteiger partial charge in [-0.05, 0) is 38.2 Å². The molecule has 0 fully saturated rings. The molecule has 6 nitrogen and oxygen atoms in total. The molecule has 0 radical (unpaired) electrons. The van der Waals surface area contributed by atoms with Gasteiger partial charge in [-0.15, -0.1) is 0 Å². The molecule has 1 unspecified atom stereocenters. The summed E-state index contributed by atoms with van der Waals surface area (Å²) in [7, 11) is 0.261. The van der Waals surface area contributed by atoms with Crippen molar-refractivity contribution in [2.45, 2.75) is 13.0 Å². The normalized spacial score (nSPS) is 12.6. The first kappa shape index (κ1) is 20.9. The van der Waals surface area contributed by atoms with E-state index in [0.717, 1.165) is 21.7 Å². The number of carbonyl (C=O) groups is 1. The zero-order valence-corrected chi connectivity index (χ0v) is 17.0. The molecule has 0 aromatic heterocycles. The van der Waals surface area contributed by atoms with Crippen LogP contribution in [-0.2, 0) is 14.8 Å². The quantitative estimate of drug-likeness (QED) is 0.751. The summed E-state index contributed by atoms with van der Waals surface area (Å²) in [5, 5.41) is 2.97. The van der Waals surface area contributed by atoms with Crippen LogP contribution in [-0.4, -0.2) is 52.7 Å². The summed E-state index contributed by atoms with van der Waals surface area (Å²) in [6.07, 6.45) is 1.11. The number of hydrogen-bond acceptors (Lipinski definition) is 4. The van der Waals surface area contributed by atoms with Crippen LogP contribution in [0, 0.1) is 6.92 Å². The minimum Gasteiger partial charge on any atom is -0.346 e. The average Bonchev–Trinajstić information content (AvgIpc) is 2.59. The van der Waals surface area contributed by atoms with E-state index in [2.05, 4.69) is 5.32 Å². The number of hydrogen-bond donors (Lipinski definition) is 1. The number of nitrogens with zero attached hydrogens (tertiary/aromatic N) is 2. The van der Waals surface area contributed by atoms with Crippen molar-refractivity contribution in [2.24, 2.45) is 0 Å². The van der Waals surface area contributed by atoms with Crippen LogP contribution < -0.4 is 9.62 Å². The second-order valence-corrected chi connectivity index (χ2v) is 8.76. The third-order valence-electron chi connectivity index (χ3n) is 4.16. The van der Waals surface area contributed by atoms with E-state index in [1.165, 1.54) is 0 Å². The minimum atomic E-state index is -3.60. The minimum absolute atomic E-state index is 0.230.